The fraction of sp³-hybridized carbons (Fsp3) is 0.296. The van der Waals surface area contributed by atoms with Crippen LogP contribution in [0.1, 0.15) is 41.3 Å². The molecule has 9 nitrogen and oxygen atoms in total. The van der Waals surface area contributed by atoms with Crippen LogP contribution < -0.4 is 16.2 Å². The lowest BCUT2D eigenvalue weighted by Gasteiger charge is -2.42. The van der Waals surface area contributed by atoms with Crippen molar-refractivity contribution in [2.75, 3.05) is 24.2 Å². The number of H-pyrrole nitrogens is 2. The summed E-state index contributed by atoms with van der Waals surface area (Å²) in [5, 5.41) is 7.39. The summed E-state index contributed by atoms with van der Waals surface area (Å²) in [6.45, 7) is 5.52. The van der Waals surface area contributed by atoms with Crippen LogP contribution in [0.15, 0.2) is 64.8 Å². The molecule has 1 saturated heterocycles. The highest BCUT2D eigenvalue weighted by molar-refractivity contribution is 7.90. The van der Waals surface area contributed by atoms with E-state index in [0.717, 1.165) is 38.6 Å². The van der Waals surface area contributed by atoms with Crippen molar-refractivity contribution in [3.05, 3.63) is 87.8 Å². The highest BCUT2D eigenvalue weighted by Gasteiger charge is 2.46. The van der Waals surface area contributed by atoms with Gasteiger partial charge < -0.3 is 10.6 Å². The van der Waals surface area contributed by atoms with Crippen LogP contribution in [0.4, 0.5) is 5.95 Å². The molecule has 1 spiro atoms. The molecule has 2 aliphatic rings. The first-order valence-corrected chi connectivity index (χ1v) is 14.1. The largest absolute Gasteiger partial charge is 0.342 e. The minimum atomic E-state index is -3.50. The fourth-order valence-corrected chi connectivity index (χ4v) is 6.85. The second kappa shape index (κ2) is 8.39. The Labute approximate surface area is 214 Å². The molecular weight excluding hydrogens is 488 g/mol. The molecule has 4 aromatic rings. The van der Waals surface area contributed by atoms with Crippen LogP contribution in [0.2, 0.25) is 0 Å². The van der Waals surface area contributed by atoms with Crippen molar-refractivity contribution in [1.82, 2.24) is 20.2 Å². The Bertz CT molecular complexity index is 1710. The number of aromatic nitrogens is 4. The zero-order valence-corrected chi connectivity index (χ0v) is 21.3. The van der Waals surface area contributed by atoms with Crippen molar-refractivity contribution in [2.24, 2.45) is 11.1 Å². The predicted molar refractivity (Wildman–Crippen MR) is 143 cm³/mol. The van der Waals surface area contributed by atoms with Gasteiger partial charge in [-0.2, -0.15) is 10.1 Å². The molecule has 190 valence electrons. The minimum absolute atomic E-state index is 0.0105. The number of sulfone groups is 1. The standard InChI is InChI=1S/C27H28N6O3S/c1-16(18-8-5-6-10-20(18)37(2,35)36)22-21-24(32-31-22)29-26(30-25(21)34)33-13-11-27(12-14-33)15-17-7-3-4-9-19(17)23(27)28/h3-10,23H,1,11-15,28H2,2H3,(H2,29,30,31,32,34)/t23-/m1/s1. The van der Waals surface area contributed by atoms with Crippen LogP contribution in [-0.4, -0.2) is 47.9 Å². The Morgan fingerprint density at radius 3 is 2.57 bits per heavy atom. The van der Waals surface area contributed by atoms with E-state index in [2.05, 4.69) is 49.8 Å². The van der Waals surface area contributed by atoms with Gasteiger partial charge in [0.1, 0.15) is 11.1 Å². The lowest BCUT2D eigenvalue weighted by atomic mass is 9.73. The molecule has 6 rings (SSSR count). The van der Waals surface area contributed by atoms with Crippen LogP contribution in [0.3, 0.4) is 0 Å². The number of fused-ring (bicyclic) bond motifs is 2. The van der Waals surface area contributed by atoms with Gasteiger partial charge in [0.2, 0.25) is 5.95 Å². The van der Waals surface area contributed by atoms with Crippen LogP contribution in [0.25, 0.3) is 16.6 Å². The SMILES string of the molecule is C=C(c1ccccc1S(C)(=O)=O)c1n[nH]c2nc(N3CCC4(CC3)Cc3ccccc3[C@H]4N)[nH]c(=O)c12. The van der Waals surface area contributed by atoms with Gasteiger partial charge in [0.25, 0.3) is 5.56 Å². The highest BCUT2D eigenvalue weighted by atomic mass is 32.2. The molecule has 2 aromatic carbocycles. The second-order valence-corrected chi connectivity index (χ2v) is 12.1. The van der Waals surface area contributed by atoms with Crippen molar-refractivity contribution in [1.29, 1.82) is 0 Å². The number of nitrogens with zero attached hydrogens (tertiary/aromatic N) is 3. The number of nitrogens with two attached hydrogens (primary N) is 1. The van der Waals surface area contributed by atoms with Gasteiger partial charge in [-0.25, -0.2) is 8.42 Å². The third-order valence-electron chi connectivity index (χ3n) is 7.97. The Kier molecular flexibility index (Phi) is 5.36. The maximum Gasteiger partial charge on any atom is 0.264 e. The van der Waals surface area contributed by atoms with E-state index in [0.29, 0.717) is 22.7 Å². The monoisotopic (exact) mass is 516 g/mol. The number of rotatable bonds is 4. The van der Waals surface area contributed by atoms with E-state index in [1.165, 1.54) is 17.2 Å². The zero-order valence-electron chi connectivity index (χ0n) is 20.5. The van der Waals surface area contributed by atoms with E-state index in [1.807, 2.05) is 6.07 Å². The third-order valence-corrected chi connectivity index (χ3v) is 9.12. The number of hydrogen-bond acceptors (Lipinski definition) is 7. The number of aromatic amines is 2. The first kappa shape index (κ1) is 23.6. The van der Waals surface area contributed by atoms with Gasteiger partial charge >= 0.3 is 0 Å². The topological polar surface area (TPSA) is 138 Å². The summed E-state index contributed by atoms with van der Waals surface area (Å²) >= 11 is 0. The van der Waals surface area contributed by atoms with Crippen LogP contribution in [0.5, 0.6) is 0 Å². The lowest BCUT2D eigenvalue weighted by molar-refractivity contribution is 0.187. The Hall–Kier alpha value is -3.76. The molecule has 0 radical (unpaired) electrons. The van der Waals surface area contributed by atoms with E-state index in [4.69, 9.17) is 5.73 Å². The molecular formula is C27H28N6O3S. The second-order valence-electron chi connectivity index (χ2n) is 10.1. The molecule has 37 heavy (non-hydrogen) atoms. The normalized spacial score (nSPS) is 18.9. The maximum atomic E-state index is 13.2. The molecule has 1 fully saturated rings. The van der Waals surface area contributed by atoms with Gasteiger partial charge in [0, 0.05) is 36.5 Å². The van der Waals surface area contributed by atoms with Gasteiger partial charge in [-0.15, -0.1) is 0 Å². The van der Waals surface area contributed by atoms with Gasteiger partial charge in [0.15, 0.2) is 15.5 Å². The molecule has 10 heteroatoms. The summed E-state index contributed by atoms with van der Waals surface area (Å²) in [5.74, 6) is 0.480. The summed E-state index contributed by atoms with van der Waals surface area (Å²) in [7, 11) is -3.50. The van der Waals surface area contributed by atoms with Crippen LogP contribution in [0, 0.1) is 5.41 Å². The lowest BCUT2D eigenvalue weighted by Crippen LogP contribution is -2.45. The Balaban J connectivity index is 1.28. The quantitative estimate of drug-likeness (QED) is 0.379. The number of piperidine rings is 1. The van der Waals surface area contributed by atoms with Gasteiger partial charge in [-0.3, -0.25) is 14.9 Å². The van der Waals surface area contributed by atoms with Gasteiger partial charge in [-0.1, -0.05) is 49.0 Å². The van der Waals surface area contributed by atoms with E-state index in [9.17, 15) is 13.2 Å². The number of nitrogens with one attached hydrogen (secondary N) is 2. The molecule has 3 heterocycles. The van der Waals surface area contributed by atoms with Gasteiger partial charge in [-0.05, 0) is 41.9 Å². The zero-order chi connectivity index (χ0) is 25.9. The minimum Gasteiger partial charge on any atom is -0.342 e. The van der Waals surface area contributed by atoms with Crippen LogP contribution in [-0.2, 0) is 16.3 Å². The van der Waals surface area contributed by atoms with Crippen molar-refractivity contribution in [3.63, 3.8) is 0 Å². The Morgan fingerprint density at radius 2 is 1.84 bits per heavy atom. The third kappa shape index (κ3) is 3.79. The van der Waals surface area contributed by atoms with Crippen molar-refractivity contribution in [2.45, 2.75) is 30.2 Å². The molecule has 2 aromatic heterocycles. The summed E-state index contributed by atoms with van der Waals surface area (Å²) in [5.41, 5.74) is 10.3. The van der Waals surface area contributed by atoms with Crippen molar-refractivity contribution < 1.29 is 8.42 Å². The molecule has 4 N–H and O–H groups in total. The van der Waals surface area contributed by atoms with E-state index < -0.39 is 9.84 Å². The molecule has 0 unspecified atom stereocenters. The maximum absolute atomic E-state index is 13.2. The van der Waals surface area contributed by atoms with Crippen molar-refractivity contribution in [3.8, 4) is 0 Å². The average Bonchev–Trinajstić information content (AvgIpc) is 3.43. The first-order valence-electron chi connectivity index (χ1n) is 12.2. The smallest absolute Gasteiger partial charge is 0.264 e. The molecule has 0 bridgehead atoms. The van der Waals surface area contributed by atoms with Crippen LogP contribution >= 0.6 is 0 Å². The molecule has 1 atom stereocenters. The molecule has 1 aliphatic heterocycles. The van der Waals surface area contributed by atoms with E-state index >= 15 is 0 Å². The summed E-state index contributed by atoms with van der Waals surface area (Å²) in [4.78, 5) is 23.0. The number of hydrogen-bond donors (Lipinski definition) is 3. The predicted octanol–water partition coefficient (Wildman–Crippen LogP) is 2.95. The molecule has 1 aliphatic carbocycles. The summed E-state index contributed by atoms with van der Waals surface area (Å²) < 4.78 is 24.6. The summed E-state index contributed by atoms with van der Waals surface area (Å²) in [6.07, 6.45) is 3.92. The van der Waals surface area contributed by atoms with E-state index in [-0.39, 0.29) is 33.0 Å². The van der Waals surface area contributed by atoms with E-state index in [1.54, 1.807) is 18.2 Å². The summed E-state index contributed by atoms with van der Waals surface area (Å²) in [6, 6.07) is 15.0. The van der Waals surface area contributed by atoms with Crippen molar-refractivity contribution >= 4 is 32.4 Å². The first-order chi connectivity index (χ1) is 17.7. The van der Waals surface area contributed by atoms with Gasteiger partial charge in [0.05, 0.1) is 4.90 Å². The number of anilines is 1. The molecule has 0 saturated carbocycles. The molecule has 0 amide bonds. The fourth-order valence-electron chi connectivity index (χ4n) is 5.93. The average molecular weight is 517 g/mol. The Morgan fingerprint density at radius 1 is 1.14 bits per heavy atom. The number of benzene rings is 2. The highest BCUT2D eigenvalue weighted by Crippen LogP contribution is 2.50.